The van der Waals surface area contributed by atoms with Crippen LogP contribution in [0.3, 0.4) is 0 Å². The molecular formula is C25H26N4O3. The van der Waals surface area contributed by atoms with Gasteiger partial charge in [-0.3, -0.25) is 19.5 Å². The average Bonchev–Trinajstić information content (AvgIpc) is 3.09. The van der Waals surface area contributed by atoms with Crippen molar-refractivity contribution in [2.75, 3.05) is 19.6 Å². The molecule has 3 heterocycles. The summed E-state index contributed by atoms with van der Waals surface area (Å²) in [5, 5.41) is 18.2. The molecule has 0 atom stereocenters. The Kier molecular flexibility index (Phi) is 6.33. The van der Waals surface area contributed by atoms with Crippen LogP contribution in [0, 0.1) is 18.3 Å². The first-order valence-corrected chi connectivity index (χ1v) is 11.0. The molecule has 32 heavy (non-hydrogen) atoms. The van der Waals surface area contributed by atoms with E-state index in [0.29, 0.717) is 29.6 Å². The van der Waals surface area contributed by atoms with Crippen molar-refractivity contribution in [3.05, 3.63) is 58.9 Å². The molecule has 4 rings (SSSR count). The molecule has 0 amide bonds. The number of Topliss-reactive ketones (excluding diaryl/α,β-unsaturated/α-hetero) is 1. The number of carboxylic acids is 1. The number of aromatic nitrogens is 2. The van der Waals surface area contributed by atoms with E-state index in [1.165, 1.54) is 6.42 Å². The van der Waals surface area contributed by atoms with E-state index in [1.54, 1.807) is 18.3 Å². The quantitative estimate of drug-likeness (QED) is 0.571. The Morgan fingerprint density at radius 2 is 1.88 bits per heavy atom. The van der Waals surface area contributed by atoms with Crippen molar-refractivity contribution in [3.63, 3.8) is 0 Å². The fraction of sp³-hybridized carbons (Fsp3) is 0.360. The number of fused-ring (bicyclic) bond motifs is 1. The van der Waals surface area contributed by atoms with Crippen molar-refractivity contribution in [2.45, 2.75) is 39.0 Å². The number of hydrogen-bond acceptors (Lipinski definition) is 5. The third kappa shape index (κ3) is 4.41. The molecule has 0 unspecified atom stereocenters. The Morgan fingerprint density at radius 3 is 2.53 bits per heavy atom. The van der Waals surface area contributed by atoms with E-state index in [0.717, 1.165) is 48.4 Å². The molecule has 1 aliphatic rings. The number of rotatable bonds is 7. The molecule has 164 valence electrons. The van der Waals surface area contributed by atoms with Gasteiger partial charge in [0.25, 0.3) is 0 Å². The molecule has 0 spiro atoms. The molecule has 2 aromatic heterocycles. The van der Waals surface area contributed by atoms with Crippen LogP contribution in [0.25, 0.3) is 16.7 Å². The molecular weight excluding hydrogens is 404 g/mol. The van der Waals surface area contributed by atoms with Crippen molar-refractivity contribution in [1.82, 2.24) is 14.5 Å². The summed E-state index contributed by atoms with van der Waals surface area (Å²) < 4.78 is 1.98. The number of aliphatic carboxylic acids is 1. The molecule has 7 heteroatoms. The van der Waals surface area contributed by atoms with Gasteiger partial charge in [-0.05, 0) is 75.2 Å². The second-order valence-electron chi connectivity index (χ2n) is 8.32. The highest BCUT2D eigenvalue weighted by Gasteiger charge is 2.24. The van der Waals surface area contributed by atoms with E-state index in [2.05, 4.69) is 16.0 Å². The number of nitriles is 1. The van der Waals surface area contributed by atoms with Gasteiger partial charge in [0.05, 0.1) is 34.8 Å². The van der Waals surface area contributed by atoms with Crippen molar-refractivity contribution < 1.29 is 14.7 Å². The Morgan fingerprint density at radius 1 is 1.16 bits per heavy atom. The molecule has 0 bridgehead atoms. The lowest BCUT2D eigenvalue weighted by Gasteiger charge is -2.25. The fourth-order valence-corrected chi connectivity index (χ4v) is 4.46. The maximum Gasteiger partial charge on any atom is 0.303 e. The number of nitrogens with zero attached hydrogens (tertiary/aromatic N) is 4. The van der Waals surface area contributed by atoms with Gasteiger partial charge in [-0.15, -0.1) is 0 Å². The molecule has 1 aliphatic heterocycles. The molecule has 1 N–H and O–H groups in total. The van der Waals surface area contributed by atoms with E-state index in [-0.39, 0.29) is 12.2 Å². The summed E-state index contributed by atoms with van der Waals surface area (Å²) in [6.45, 7) is 4.16. The minimum Gasteiger partial charge on any atom is -0.481 e. The highest BCUT2D eigenvalue weighted by Crippen LogP contribution is 2.30. The predicted octanol–water partition coefficient (Wildman–Crippen LogP) is 3.89. The van der Waals surface area contributed by atoms with Gasteiger partial charge in [-0.1, -0.05) is 6.42 Å². The number of pyridine rings is 1. The monoisotopic (exact) mass is 430 g/mol. The fourth-order valence-electron chi connectivity index (χ4n) is 4.46. The number of ketones is 1. The molecule has 0 saturated carbocycles. The Labute approximate surface area is 186 Å². The van der Waals surface area contributed by atoms with Gasteiger partial charge >= 0.3 is 5.97 Å². The second kappa shape index (κ2) is 9.33. The third-order valence-electron chi connectivity index (χ3n) is 6.08. The van der Waals surface area contributed by atoms with Gasteiger partial charge in [-0.2, -0.15) is 5.26 Å². The van der Waals surface area contributed by atoms with Crippen LogP contribution in [-0.4, -0.2) is 50.9 Å². The minimum atomic E-state index is -0.860. The molecule has 1 fully saturated rings. The van der Waals surface area contributed by atoms with Gasteiger partial charge in [0.1, 0.15) is 0 Å². The first-order valence-electron chi connectivity index (χ1n) is 11.0. The van der Waals surface area contributed by atoms with Crippen LogP contribution in [0.4, 0.5) is 0 Å². The van der Waals surface area contributed by atoms with Crippen molar-refractivity contribution in [3.8, 4) is 11.8 Å². The maximum absolute atomic E-state index is 13.4. The number of piperidine rings is 1. The summed E-state index contributed by atoms with van der Waals surface area (Å²) in [7, 11) is 0. The van der Waals surface area contributed by atoms with E-state index in [1.807, 2.05) is 29.7 Å². The molecule has 3 aromatic rings. The molecule has 1 aromatic carbocycles. The highest BCUT2D eigenvalue weighted by molar-refractivity contribution is 6.09. The Balaban J connectivity index is 1.80. The summed E-state index contributed by atoms with van der Waals surface area (Å²) >= 11 is 0. The molecule has 7 nitrogen and oxygen atoms in total. The Hall–Kier alpha value is -3.50. The van der Waals surface area contributed by atoms with E-state index in [4.69, 9.17) is 10.4 Å². The number of carboxylic acid groups (broad SMARTS) is 1. The van der Waals surface area contributed by atoms with Crippen molar-refractivity contribution in [2.24, 2.45) is 0 Å². The molecule has 0 radical (unpaired) electrons. The van der Waals surface area contributed by atoms with Crippen LogP contribution in [-0.2, 0) is 11.2 Å². The Bertz CT molecular complexity index is 1200. The summed E-state index contributed by atoms with van der Waals surface area (Å²) in [5.74, 6) is -0.811. The lowest BCUT2D eigenvalue weighted by atomic mass is 10.1. The lowest BCUT2D eigenvalue weighted by Crippen LogP contribution is -2.34. The average molecular weight is 431 g/mol. The first-order chi connectivity index (χ1) is 15.5. The van der Waals surface area contributed by atoms with Gasteiger partial charge in [0, 0.05) is 24.0 Å². The number of benzene rings is 1. The lowest BCUT2D eigenvalue weighted by molar-refractivity contribution is -0.136. The predicted molar refractivity (Wildman–Crippen MR) is 121 cm³/mol. The van der Waals surface area contributed by atoms with E-state index < -0.39 is 5.97 Å². The van der Waals surface area contributed by atoms with Gasteiger partial charge in [0.2, 0.25) is 0 Å². The zero-order valence-electron chi connectivity index (χ0n) is 18.2. The highest BCUT2D eigenvalue weighted by atomic mass is 16.4. The topological polar surface area (TPSA) is 99.2 Å². The number of hydrogen-bond donors (Lipinski definition) is 1. The summed E-state index contributed by atoms with van der Waals surface area (Å²) in [6.07, 6.45) is 5.50. The normalized spacial score (nSPS) is 14.4. The van der Waals surface area contributed by atoms with Crippen LogP contribution in [0.15, 0.2) is 36.5 Å². The summed E-state index contributed by atoms with van der Waals surface area (Å²) in [6, 6.07) is 11.3. The number of aryl methyl sites for hydroxylation is 1. The summed E-state index contributed by atoms with van der Waals surface area (Å²) in [4.78, 5) is 31.2. The number of likely N-dealkylation sites (tertiary alicyclic amines) is 1. The van der Waals surface area contributed by atoms with Crippen LogP contribution in [0.5, 0.6) is 0 Å². The van der Waals surface area contributed by atoms with Crippen LogP contribution in [0.2, 0.25) is 0 Å². The number of carbonyl (C=O) groups excluding carboxylic acids is 1. The zero-order chi connectivity index (χ0) is 22.7. The maximum atomic E-state index is 13.4. The second-order valence-corrected chi connectivity index (χ2v) is 8.32. The van der Waals surface area contributed by atoms with Crippen LogP contribution >= 0.6 is 0 Å². The van der Waals surface area contributed by atoms with Crippen molar-refractivity contribution in [1.29, 1.82) is 5.26 Å². The van der Waals surface area contributed by atoms with Crippen LogP contribution < -0.4 is 0 Å². The first kappa shape index (κ1) is 21.7. The largest absolute Gasteiger partial charge is 0.481 e. The zero-order valence-corrected chi connectivity index (χ0v) is 18.2. The van der Waals surface area contributed by atoms with Gasteiger partial charge in [0.15, 0.2) is 5.78 Å². The van der Waals surface area contributed by atoms with Crippen LogP contribution in [0.1, 0.15) is 52.9 Å². The van der Waals surface area contributed by atoms with E-state index >= 15 is 0 Å². The summed E-state index contributed by atoms with van der Waals surface area (Å²) in [5.41, 5.74) is 5.02. The smallest absolute Gasteiger partial charge is 0.303 e. The SMILES string of the molecule is Cc1c(C(=O)CN2CCCCC2)c2ncc(CCC(=O)O)cc2n1-c1ccc(C#N)cc1. The van der Waals surface area contributed by atoms with E-state index in [9.17, 15) is 9.59 Å². The van der Waals surface area contributed by atoms with Crippen molar-refractivity contribution >= 4 is 22.8 Å². The third-order valence-corrected chi connectivity index (χ3v) is 6.08. The number of carbonyl (C=O) groups is 2. The molecule has 0 aliphatic carbocycles. The van der Waals surface area contributed by atoms with Gasteiger partial charge in [-0.25, -0.2) is 0 Å². The standard InChI is InChI=1S/C25H26N4O3/c1-17-24(22(30)16-28-11-3-2-4-12-28)25-21(13-19(15-27-25)7-10-23(31)32)29(17)20-8-5-18(14-26)6-9-20/h5-6,8-9,13,15H,2-4,7,10-12,16H2,1H3,(H,31,32). The van der Waals surface area contributed by atoms with Gasteiger partial charge < -0.3 is 9.67 Å². The molecule has 1 saturated heterocycles. The minimum absolute atomic E-state index is 0.0183.